The van der Waals surface area contributed by atoms with Gasteiger partial charge in [-0.3, -0.25) is 0 Å². The highest BCUT2D eigenvalue weighted by atomic mass is 35.5. The van der Waals surface area contributed by atoms with Crippen molar-refractivity contribution in [1.82, 2.24) is 10.2 Å². The van der Waals surface area contributed by atoms with Crippen LogP contribution < -0.4 is 0 Å². The first-order chi connectivity index (χ1) is 4.75. The highest BCUT2D eigenvalue weighted by Gasteiger charge is 2.01. The van der Waals surface area contributed by atoms with E-state index in [1.165, 1.54) is 0 Å². The minimum absolute atomic E-state index is 0.492. The van der Waals surface area contributed by atoms with E-state index >= 15 is 0 Å². The summed E-state index contributed by atoms with van der Waals surface area (Å²) in [5, 5.41) is 7.89. The van der Waals surface area contributed by atoms with E-state index in [0.717, 1.165) is 10.5 Å². The molecule has 0 spiro atoms. The summed E-state index contributed by atoms with van der Waals surface area (Å²) < 4.78 is 0. The number of thioether (sulfide) groups is 1. The largest absolute Gasteiger partial charge is 0.156 e. The van der Waals surface area contributed by atoms with Gasteiger partial charge in [0.15, 0.2) is 5.15 Å². The Bertz CT molecular complexity index is 239. The molecule has 4 heteroatoms. The molecule has 54 valence electrons. The maximum Gasteiger partial charge on any atom is 0.155 e. The molecule has 0 bridgehead atoms. The molecule has 1 aromatic rings. The number of hydrogen-bond acceptors (Lipinski definition) is 3. The van der Waals surface area contributed by atoms with Gasteiger partial charge in [0.25, 0.3) is 0 Å². The summed E-state index contributed by atoms with van der Waals surface area (Å²) in [6.07, 6.45) is 3.70. The van der Waals surface area contributed by atoms with Crippen molar-refractivity contribution < 1.29 is 0 Å². The zero-order valence-electron chi connectivity index (χ0n) is 5.76. The van der Waals surface area contributed by atoms with Crippen molar-refractivity contribution in [2.45, 2.75) is 11.8 Å². The molecule has 0 aliphatic heterocycles. The first-order valence-electron chi connectivity index (χ1n) is 2.77. The highest BCUT2D eigenvalue weighted by Crippen LogP contribution is 2.22. The lowest BCUT2D eigenvalue weighted by Crippen LogP contribution is -1.87. The minimum Gasteiger partial charge on any atom is -0.156 e. The molecule has 0 fully saturated rings. The van der Waals surface area contributed by atoms with Gasteiger partial charge in [0.2, 0.25) is 0 Å². The molecule has 0 aliphatic rings. The Balaban J connectivity index is 3.14. The molecular formula is C6H7ClN2S. The first-order valence-corrected chi connectivity index (χ1v) is 4.37. The smallest absolute Gasteiger partial charge is 0.155 e. The predicted octanol–water partition coefficient (Wildman–Crippen LogP) is 2.16. The number of aromatic nitrogens is 2. The third-order valence-corrected chi connectivity index (χ3v) is 2.43. The van der Waals surface area contributed by atoms with E-state index in [1.54, 1.807) is 18.0 Å². The molecule has 1 aromatic heterocycles. The molecule has 0 amide bonds. The number of halogens is 1. The zero-order chi connectivity index (χ0) is 7.56. The molecule has 0 radical (unpaired) electrons. The lowest BCUT2D eigenvalue weighted by Gasteiger charge is -1.99. The maximum absolute atomic E-state index is 5.71. The Morgan fingerprint density at radius 3 is 2.80 bits per heavy atom. The zero-order valence-corrected chi connectivity index (χ0v) is 7.33. The van der Waals surface area contributed by atoms with Gasteiger partial charge < -0.3 is 0 Å². The van der Waals surface area contributed by atoms with Gasteiger partial charge in [0.1, 0.15) is 0 Å². The average molecular weight is 175 g/mol. The van der Waals surface area contributed by atoms with Gasteiger partial charge >= 0.3 is 0 Å². The lowest BCUT2D eigenvalue weighted by atomic mass is 10.4. The minimum atomic E-state index is 0.492. The van der Waals surface area contributed by atoms with Crippen LogP contribution in [0.2, 0.25) is 5.15 Å². The molecule has 0 aliphatic carbocycles. The van der Waals surface area contributed by atoms with Crippen LogP contribution in [0.3, 0.4) is 0 Å². The fourth-order valence-electron chi connectivity index (χ4n) is 0.611. The van der Waals surface area contributed by atoms with Crippen molar-refractivity contribution in [1.29, 1.82) is 0 Å². The van der Waals surface area contributed by atoms with Crippen LogP contribution >= 0.6 is 23.4 Å². The summed E-state index contributed by atoms with van der Waals surface area (Å²) in [6.45, 7) is 1.93. The number of rotatable bonds is 1. The summed E-state index contributed by atoms with van der Waals surface area (Å²) in [6, 6.07) is 0. The van der Waals surface area contributed by atoms with Gasteiger partial charge in [-0.2, -0.15) is 5.10 Å². The lowest BCUT2D eigenvalue weighted by molar-refractivity contribution is 0.974. The fraction of sp³-hybridized carbons (Fsp3) is 0.333. The Morgan fingerprint density at radius 1 is 1.60 bits per heavy atom. The molecule has 0 saturated heterocycles. The third-order valence-electron chi connectivity index (χ3n) is 1.22. The van der Waals surface area contributed by atoms with Crippen LogP contribution in [-0.4, -0.2) is 16.5 Å². The fourth-order valence-corrected chi connectivity index (χ4v) is 1.37. The number of nitrogens with zero attached hydrogens (tertiary/aromatic N) is 2. The molecule has 1 heterocycles. The van der Waals surface area contributed by atoms with Crippen molar-refractivity contribution in [3.05, 3.63) is 16.9 Å². The molecular weight excluding hydrogens is 168 g/mol. The summed E-state index contributed by atoms with van der Waals surface area (Å²) in [5.41, 5.74) is 1.00. The summed E-state index contributed by atoms with van der Waals surface area (Å²) in [7, 11) is 0. The van der Waals surface area contributed by atoms with Gasteiger partial charge in [-0.25, -0.2) is 0 Å². The van der Waals surface area contributed by atoms with Crippen LogP contribution in [0.15, 0.2) is 11.1 Å². The second-order valence-corrected chi connectivity index (χ2v) is 3.03. The Labute approximate surface area is 69.0 Å². The van der Waals surface area contributed by atoms with Crippen molar-refractivity contribution in [2.24, 2.45) is 0 Å². The summed E-state index contributed by atoms with van der Waals surface area (Å²) >= 11 is 7.33. The first kappa shape index (κ1) is 7.82. The van der Waals surface area contributed by atoms with Crippen LogP contribution in [0.25, 0.3) is 0 Å². The predicted molar refractivity (Wildman–Crippen MR) is 43.6 cm³/mol. The van der Waals surface area contributed by atoms with Gasteiger partial charge in [0.05, 0.1) is 6.20 Å². The number of hydrogen-bond donors (Lipinski definition) is 0. The SMILES string of the molecule is CSc1cnnc(Cl)c1C. The van der Waals surface area contributed by atoms with Crippen molar-refractivity contribution >= 4 is 23.4 Å². The molecule has 0 aromatic carbocycles. The molecule has 10 heavy (non-hydrogen) atoms. The quantitative estimate of drug-likeness (QED) is 0.611. The summed E-state index contributed by atoms with van der Waals surface area (Å²) in [4.78, 5) is 1.08. The standard InChI is InChI=1S/C6H7ClN2S/c1-4-5(10-2)3-8-9-6(4)7/h3H,1-2H3. The molecule has 2 nitrogen and oxygen atoms in total. The topological polar surface area (TPSA) is 25.8 Å². The third kappa shape index (κ3) is 1.41. The van der Waals surface area contributed by atoms with Crippen LogP contribution in [-0.2, 0) is 0 Å². The van der Waals surface area contributed by atoms with Crippen LogP contribution in [0.5, 0.6) is 0 Å². The normalized spacial score (nSPS) is 9.90. The van der Waals surface area contributed by atoms with E-state index in [0.29, 0.717) is 5.15 Å². The van der Waals surface area contributed by atoms with Gasteiger partial charge in [-0.15, -0.1) is 16.9 Å². The Morgan fingerprint density at radius 2 is 2.30 bits per heavy atom. The summed E-state index contributed by atoms with van der Waals surface area (Å²) in [5.74, 6) is 0. The molecule has 0 unspecified atom stereocenters. The van der Waals surface area contributed by atoms with E-state index in [4.69, 9.17) is 11.6 Å². The van der Waals surface area contributed by atoms with E-state index in [-0.39, 0.29) is 0 Å². The van der Waals surface area contributed by atoms with Crippen LogP contribution in [0, 0.1) is 6.92 Å². The van der Waals surface area contributed by atoms with Crippen LogP contribution in [0.1, 0.15) is 5.56 Å². The van der Waals surface area contributed by atoms with E-state index in [2.05, 4.69) is 10.2 Å². The molecule has 0 saturated carbocycles. The Hall–Kier alpha value is -0.280. The molecule has 1 rings (SSSR count). The second kappa shape index (κ2) is 3.21. The average Bonchev–Trinajstić information content (AvgIpc) is 1.95. The molecule has 0 N–H and O–H groups in total. The van der Waals surface area contributed by atoms with Crippen molar-refractivity contribution in [2.75, 3.05) is 6.26 Å². The van der Waals surface area contributed by atoms with E-state index < -0.39 is 0 Å². The maximum atomic E-state index is 5.71. The Kier molecular flexibility index (Phi) is 2.51. The van der Waals surface area contributed by atoms with Gasteiger partial charge in [-0.05, 0) is 13.2 Å². The van der Waals surface area contributed by atoms with Crippen LogP contribution in [0.4, 0.5) is 0 Å². The van der Waals surface area contributed by atoms with Gasteiger partial charge in [-0.1, -0.05) is 11.6 Å². The highest BCUT2D eigenvalue weighted by molar-refractivity contribution is 7.98. The second-order valence-electron chi connectivity index (χ2n) is 1.83. The monoisotopic (exact) mass is 174 g/mol. The van der Waals surface area contributed by atoms with Crippen molar-refractivity contribution in [3.8, 4) is 0 Å². The van der Waals surface area contributed by atoms with E-state index in [1.807, 2.05) is 13.2 Å². The molecule has 0 atom stereocenters. The van der Waals surface area contributed by atoms with Gasteiger partial charge in [0, 0.05) is 10.5 Å². The van der Waals surface area contributed by atoms with E-state index in [9.17, 15) is 0 Å². The van der Waals surface area contributed by atoms with Crippen molar-refractivity contribution in [3.63, 3.8) is 0 Å².